The Hall–Kier alpha value is -6.39. The van der Waals surface area contributed by atoms with Crippen molar-refractivity contribution in [3.8, 4) is 45.2 Å². The van der Waals surface area contributed by atoms with E-state index >= 15 is 0 Å². The molecule has 1 aliphatic rings. The molecule has 47 heavy (non-hydrogen) atoms. The van der Waals surface area contributed by atoms with Crippen LogP contribution in [0.3, 0.4) is 0 Å². The first-order chi connectivity index (χ1) is 23.3. The number of anilines is 3. The second-order valence-electron chi connectivity index (χ2n) is 12.0. The number of para-hydroxylation sites is 1. The van der Waals surface area contributed by atoms with Crippen molar-refractivity contribution in [2.75, 3.05) is 4.90 Å². The number of oxazole rings is 1. The Kier molecular flexibility index (Phi) is 5.54. The van der Waals surface area contributed by atoms with Gasteiger partial charge in [0, 0.05) is 38.8 Å². The molecule has 10 rings (SSSR count). The van der Waals surface area contributed by atoms with Crippen LogP contribution in [-0.2, 0) is 0 Å². The average molecular weight is 603 g/mol. The lowest BCUT2D eigenvalue weighted by Gasteiger charge is -2.27. The van der Waals surface area contributed by atoms with E-state index in [1.807, 2.05) is 42.5 Å². The Morgan fingerprint density at radius 3 is 2.06 bits per heavy atom. The van der Waals surface area contributed by atoms with E-state index < -0.39 is 0 Å². The molecule has 0 radical (unpaired) electrons. The zero-order valence-electron chi connectivity index (χ0n) is 25.2. The summed E-state index contributed by atoms with van der Waals surface area (Å²) >= 11 is 0. The summed E-state index contributed by atoms with van der Waals surface area (Å²) in [4.78, 5) is 7.37. The summed E-state index contributed by atoms with van der Waals surface area (Å²) < 4.78 is 13.0. The minimum atomic E-state index is 0.630. The molecule has 0 N–H and O–H groups in total. The molecule has 0 fully saturated rings. The van der Waals surface area contributed by atoms with Crippen molar-refractivity contribution in [2.24, 2.45) is 0 Å². The summed E-state index contributed by atoms with van der Waals surface area (Å²) in [5.74, 6) is 1.44. The van der Waals surface area contributed by atoms with Crippen LogP contribution in [0.5, 0.6) is 0 Å². The molecule has 0 saturated carbocycles. The van der Waals surface area contributed by atoms with Gasteiger partial charge in [0.05, 0.1) is 11.1 Å². The van der Waals surface area contributed by atoms with Crippen LogP contribution in [0.15, 0.2) is 167 Å². The van der Waals surface area contributed by atoms with Gasteiger partial charge in [0.25, 0.3) is 0 Å². The smallest absolute Gasteiger partial charge is 0.227 e. The van der Waals surface area contributed by atoms with Crippen molar-refractivity contribution in [1.29, 1.82) is 0 Å². The van der Waals surface area contributed by atoms with E-state index in [0.717, 1.165) is 78.1 Å². The van der Waals surface area contributed by atoms with Crippen LogP contribution in [0.25, 0.3) is 77.9 Å². The van der Waals surface area contributed by atoms with Crippen molar-refractivity contribution >= 4 is 49.8 Å². The van der Waals surface area contributed by atoms with Gasteiger partial charge in [0.2, 0.25) is 5.89 Å². The van der Waals surface area contributed by atoms with Gasteiger partial charge in [0.1, 0.15) is 16.9 Å². The monoisotopic (exact) mass is 602 g/mol. The fourth-order valence-corrected chi connectivity index (χ4v) is 7.13. The van der Waals surface area contributed by atoms with Crippen LogP contribution in [0.1, 0.15) is 0 Å². The second kappa shape index (κ2) is 10.1. The fourth-order valence-electron chi connectivity index (χ4n) is 7.13. The van der Waals surface area contributed by atoms with E-state index in [2.05, 4.69) is 120 Å². The Bertz CT molecular complexity index is 2630. The molecule has 220 valence electrons. The lowest BCUT2D eigenvalue weighted by molar-refractivity contribution is 0.590. The summed E-state index contributed by atoms with van der Waals surface area (Å²) in [5, 5.41) is 4.46. The number of hydrogen-bond acceptors (Lipinski definition) is 4. The van der Waals surface area contributed by atoms with Gasteiger partial charge in [-0.25, -0.2) is 4.98 Å². The van der Waals surface area contributed by atoms with Gasteiger partial charge in [-0.15, -0.1) is 0 Å². The molecule has 0 atom stereocenters. The minimum absolute atomic E-state index is 0.630. The molecule has 1 aliphatic carbocycles. The maximum Gasteiger partial charge on any atom is 0.227 e. The van der Waals surface area contributed by atoms with Crippen LogP contribution in [-0.4, -0.2) is 4.98 Å². The van der Waals surface area contributed by atoms with E-state index in [0.29, 0.717) is 5.89 Å². The third kappa shape index (κ3) is 3.98. The number of benzene rings is 7. The predicted octanol–water partition coefficient (Wildman–Crippen LogP) is 12.2. The zero-order chi connectivity index (χ0) is 30.9. The highest BCUT2D eigenvalue weighted by atomic mass is 16.4. The van der Waals surface area contributed by atoms with Gasteiger partial charge in [-0.05, 0) is 71.1 Å². The van der Waals surface area contributed by atoms with E-state index in [1.54, 1.807) is 0 Å². The second-order valence-corrected chi connectivity index (χ2v) is 12.0. The van der Waals surface area contributed by atoms with E-state index in [9.17, 15) is 0 Å². The normalized spacial score (nSPS) is 11.8. The van der Waals surface area contributed by atoms with E-state index in [4.69, 9.17) is 13.8 Å². The van der Waals surface area contributed by atoms with Gasteiger partial charge in [-0.1, -0.05) is 103 Å². The number of fused-ring (bicyclic) bond motifs is 6. The standard InChI is InChI=1S/C43H26N2O2/c1-3-12-27(13-4-1)29-16-9-18-31(24-29)45(36-21-11-23-38-40(36)33-19-7-8-22-37(33)46-38)32-25-30-17-10-20-34-39(30)35(26-32)42-41(34)44-43(47-42)28-14-5-2-6-15-28/h1-26H. The Morgan fingerprint density at radius 1 is 0.468 bits per heavy atom. The maximum atomic E-state index is 6.58. The molecule has 0 unspecified atom stereocenters. The predicted molar refractivity (Wildman–Crippen MR) is 191 cm³/mol. The van der Waals surface area contributed by atoms with Gasteiger partial charge in [0.15, 0.2) is 5.76 Å². The lowest BCUT2D eigenvalue weighted by atomic mass is 10.0. The van der Waals surface area contributed by atoms with Gasteiger partial charge >= 0.3 is 0 Å². The molecule has 0 aliphatic heterocycles. The highest BCUT2D eigenvalue weighted by molar-refractivity contribution is 6.17. The topological polar surface area (TPSA) is 42.4 Å². The first-order valence-electron chi connectivity index (χ1n) is 15.8. The van der Waals surface area contributed by atoms with E-state index in [-0.39, 0.29) is 0 Å². The number of furan rings is 1. The molecule has 0 bridgehead atoms. The summed E-state index contributed by atoms with van der Waals surface area (Å²) in [7, 11) is 0. The average Bonchev–Trinajstić information content (AvgIpc) is 3.82. The molecule has 7 aromatic carbocycles. The summed E-state index contributed by atoms with van der Waals surface area (Å²) in [6.45, 7) is 0. The third-order valence-electron chi connectivity index (χ3n) is 9.20. The van der Waals surface area contributed by atoms with Gasteiger partial charge in [-0.2, -0.15) is 0 Å². The Labute approximate surface area is 270 Å². The molecular formula is C43H26N2O2. The SMILES string of the molecule is c1ccc(-c2cccc(N(c3cc4c5c(cccc5c3)-c3nc(-c5ccccc5)oc3-4)c3cccc4oc5ccccc5c34)c2)cc1. The summed E-state index contributed by atoms with van der Waals surface area (Å²) in [6.07, 6.45) is 0. The maximum absolute atomic E-state index is 6.58. The quantitative estimate of drug-likeness (QED) is 0.197. The fraction of sp³-hybridized carbons (Fsp3) is 0. The first-order valence-corrected chi connectivity index (χ1v) is 15.8. The Balaban J connectivity index is 1.24. The van der Waals surface area contributed by atoms with Gasteiger partial charge in [-0.3, -0.25) is 0 Å². The molecule has 2 heterocycles. The minimum Gasteiger partial charge on any atom is -0.456 e. The van der Waals surface area contributed by atoms with Crippen LogP contribution in [0, 0.1) is 0 Å². The molecule has 0 saturated heterocycles. The lowest BCUT2D eigenvalue weighted by Crippen LogP contribution is -2.10. The summed E-state index contributed by atoms with van der Waals surface area (Å²) in [5.41, 5.74) is 11.2. The molecule has 4 nitrogen and oxygen atoms in total. The number of nitrogens with zero attached hydrogens (tertiary/aromatic N) is 2. The van der Waals surface area contributed by atoms with Crippen molar-refractivity contribution in [3.63, 3.8) is 0 Å². The largest absolute Gasteiger partial charge is 0.456 e. The summed E-state index contributed by atoms with van der Waals surface area (Å²) in [6, 6.07) is 55.0. The molecule has 0 amide bonds. The van der Waals surface area contributed by atoms with Crippen molar-refractivity contribution in [1.82, 2.24) is 4.98 Å². The molecule has 9 aromatic rings. The van der Waals surface area contributed by atoms with Crippen molar-refractivity contribution in [3.05, 3.63) is 158 Å². The van der Waals surface area contributed by atoms with Gasteiger partial charge < -0.3 is 13.7 Å². The molecule has 0 spiro atoms. The molecular weight excluding hydrogens is 576 g/mol. The van der Waals surface area contributed by atoms with Crippen molar-refractivity contribution < 1.29 is 8.83 Å². The number of aromatic nitrogens is 1. The van der Waals surface area contributed by atoms with Crippen molar-refractivity contribution in [2.45, 2.75) is 0 Å². The Morgan fingerprint density at radius 2 is 1.19 bits per heavy atom. The number of hydrogen-bond donors (Lipinski definition) is 0. The van der Waals surface area contributed by atoms with Crippen LogP contribution >= 0.6 is 0 Å². The highest BCUT2D eigenvalue weighted by Gasteiger charge is 2.30. The third-order valence-corrected chi connectivity index (χ3v) is 9.20. The van der Waals surface area contributed by atoms with Crippen LogP contribution in [0.2, 0.25) is 0 Å². The number of rotatable bonds is 5. The molecule has 4 heteroatoms. The molecule has 2 aromatic heterocycles. The van der Waals surface area contributed by atoms with Crippen LogP contribution in [0.4, 0.5) is 17.1 Å². The first kappa shape index (κ1) is 25.9. The zero-order valence-corrected chi connectivity index (χ0v) is 25.2. The highest BCUT2D eigenvalue weighted by Crippen LogP contribution is 2.52. The van der Waals surface area contributed by atoms with E-state index in [1.165, 1.54) is 10.9 Å². The van der Waals surface area contributed by atoms with Crippen LogP contribution < -0.4 is 4.90 Å².